The highest BCUT2D eigenvalue weighted by atomic mass is 16.2. The van der Waals surface area contributed by atoms with Crippen molar-refractivity contribution in [2.45, 2.75) is 26.7 Å². The number of rotatable bonds is 5. The molecule has 0 aromatic carbocycles. The average molecular weight is 210 g/mol. The van der Waals surface area contributed by atoms with Gasteiger partial charge in [0.1, 0.15) is 0 Å². The number of hydrogen-bond acceptors (Lipinski definition) is 2. The van der Waals surface area contributed by atoms with Crippen LogP contribution >= 0.6 is 0 Å². The second-order valence-electron chi connectivity index (χ2n) is 4.51. The highest BCUT2D eigenvalue weighted by Crippen LogP contribution is 2.19. The summed E-state index contributed by atoms with van der Waals surface area (Å²) in [5.74, 6) is 1.04. The third kappa shape index (κ3) is 3.80. The molecule has 0 aromatic rings. The van der Waals surface area contributed by atoms with Gasteiger partial charge in [-0.2, -0.15) is 0 Å². The van der Waals surface area contributed by atoms with Gasteiger partial charge in [-0.05, 0) is 23.8 Å². The SMILES string of the molecule is CC(C)CCN1CC(CN=[N+]=[N-])CC1=O. The third-order valence-electron chi connectivity index (χ3n) is 2.67. The third-order valence-corrected chi connectivity index (χ3v) is 2.67. The Labute approximate surface area is 90.1 Å². The van der Waals surface area contributed by atoms with Crippen molar-refractivity contribution < 1.29 is 4.79 Å². The lowest BCUT2D eigenvalue weighted by Crippen LogP contribution is -2.27. The molecule has 1 unspecified atom stereocenters. The second-order valence-corrected chi connectivity index (χ2v) is 4.51. The van der Waals surface area contributed by atoms with E-state index in [2.05, 4.69) is 23.9 Å². The van der Waals surface area contributed by atoms with E-state index in [9.17, 15) is 4.79 Å². The van der Waals surface area contributed by atoms with E-state index in [1.165, 1.54) is 0 Å². The Bertz CT molecular complexity index is 271. The zero-order chi connectivity index (χ0) is 11.3. The number of likely N-dealkylation sites (tertiary alicyclic amines) is 1. The molecule has 0 spiro atoms. The minimum atomic E-state index is 0.203. The molecule has 1 aliphatic rings. The summed E-state index contributed by atoms with van der Waals surface area (Å²) in [5.41, 5.74) is 8.19. The normalized spacial score (nSPS) is 20.9. The first-order chi connectivity index (χ1) is 7.13. The van der Waals surface area contributed by atoms with Crippen LogP contribution in [0.15, 0.2) is 5.11 Å². The van der Waals surface area contributed by atoms with Crippen LogP contribution in [-0.4, -0.2) is 30.4 Å². The van der Waals surface area contributed by atoms with Crippen molar-refractivity contribution in [1.82, 2.24) is 4.90 Å². The lowest BCUT2D eigenvalue weighted by atomic mass is 10.1. The Morgan fingerprint density at radius 2 is 2.40 bits per heavy atom. The lowest BCUT2D eigenvalue weighted by molar-refractivity contribution is -0.127. The van der Waals surface area contributed by atoms with E-state index in [0.717, 1.165) is 19.5 Å². The van der Waals surface area contributed by atoms with Gasteiger partial charge in [0.25, 0.3) is 0 Å². The molecule has 5 nitrogen and oxygen atoms in total. The summed E-state index contributed by atoms with van der Waals surface area (Å²) in [6, 6.07) is 0. The van der Waals surface area contributed by atoms with Crippen LogP contribution in [0.25, 0.3) is 10.4 Å². The molecular weight excluding hydrogens is 192 g/mol. The van der Waals surface area contributed by atoms with Crippen LogP contribution in [-0.2, 0) is 4.79 Å². The van der Waals surface area contributed by atoms with Crippen molar-refractivity contribution in [3.05, 3.63) is 10.4 Å². The Kier molecular flexibility index (Phi) is 4.43. The van der Waals surface area contributed by atoms with Gasteiger partial charge in [0.05, 0.1) is 0 Å². The standard InChI is InChI=1S/C10H18N4O/c1-8(2)3-4-14-7-9(5-10(14)15)6-12-13-11/h8-9H,3-7H2,1-2H3. The van der Waals surface area contributed by atoms with Gasteiger partial charge in [-0.3, -0.25) is 4.79 Å². The Morgan fingerprint density at radius 1 is 1.67 bits per heavy atom. The maximum Gasteiger partial charge on any atom is 0.222 e. The van der Waals surface area contributed by atoms with Crippen LogP contribution in [0.1, 0.15) is 26.7 Å². The first kappa shape index (κ1) is 11.9. The van der Waals surface area contributed by atoms with E-state index in [0.29, 0.717) is 18.9 Å². The predicted molar refractivity (Wildman–Crippen MR) is 58.2 cm³/mol. The lowest BCUT2D eigenvalue weighted by Gasteiger charge is -2.17. The van der Waals surface area contributed by atoms with E-state index in [4.69, 9.17) is 5.53 Å². The zero-order valence-electron chi connectivity index (χ0n) is 9.39. The van der Waals surface area contributed by atoms with Gasteiger partial charge in [-0.1, -0.05) is 19.0 Å². The highest BCUT2D eigenvalue weighted by molar-refractivity contribution is 5.78. The largest absolute Gasteiger partial charge is 0.342 e. The molecule has 15 heavy (non-hydrogen) atoms. The van der Waals surface area contributed by atoms with Crippen LogP contribution in [0.5, 0.6) is 0 Å². The van der Waals surface area contributed by atoms with Crippen molar-refractivity contribution in [2.24, 2.45) is 17.0 Å². The topological polar surface area (TPSA) is 69.1 Å². The van der Waals surface area contributed by atoms with Gasteiger partial charge in [0, 0.05) is 31.0 Å². The number of hydrogen-bond donors (Lipinski definition) is 0. The summed E-state index contributed by atoms with van der Waals surface area (Å²) in [6.07, 6.45) is 1.58. The van der Waals surface area contributed by atoms with Gasteiger partial charge in [-0.25, -0.2) is 0 Å². The van der Waals surface area contributed by atoms with E-state index in [1.54, 1.807) is 0 Å². The average Bonchev–Trinajstić information content (AvgIpc) is 2.53. The van der Waals surface area contributed by atoms with Crippen LogP contribution in [0.4, 0.5) is 0 Å². The minimum Gasteiger partial charge on any atom is -0.342 e. The molecule has 0 radical (unpaired) electrons. The summed E-state index contributed by atoms with van der Waals surface area (Å²) in [5, 5.41) is 3.52. The first-order valence-electron chi connectivity index (χ1n) is 5.42. The molecule has 0 aliphatic carbocycles. The molecule has 1 saturated heterocycles. The van der Waals surface area contributed by atoms with Gasteiger partial charge >= 0.3 is 0 Å². The summed E-state index contributed by atoms with van der Waals surface area (Å²) in [7, 11) is 0. The fourth-order valence-electron chi connectivity index (χ4n) is 1.76. The quantitative estimate of drug-likeness (QED) is 0.389. The molecule has 84 valence electrons. The van der Waals surface area contributed by atoms with Crippen LogP contribution in [0.3, 0.4) is 0 Å². The molecule has 5 heteroatoms. The van der Waals surface area contributed by atoms with Crippen molar-refractivity contribution >= 4 is 5.91 Å². The van der Waals surface area contributed by atoms with Crippen LogP contribution in [0.2, 0.25) is 0 Å². The maximum absolute atomic E-state index is 11.6. The fourth-order valence-corrected chi connectivity index (χ4v) is 1.76. The van der Waals surface area contributed by atoms with E-state index in [-0.39, 0.29) is 11.8 Å². The fraction of sp³-hybridized carbons (Fsp3) is 0.900. The zero-order valence-corrected chi connectivity index (χ0v) is 9.39. The smallest absolute Gasteiger partial charge is 0.222 e. The van der Waals surface area contributed by atoms with E-state index in [1.807, 2.05) is 4.90 Å². The monoisotopic (exact) mass is 210 g/mol. The molecule has 1 fully saturated rings. The van der Waals surface area contributed by atoms with Crippen LogP contribution in [0, 0.1) is 11.8 Å². The van der Waals surface area contributed by atoms with Crippen molar-refractivity contribution in [3.8, 4) is 0 Å². The van der Waals surface area contributed by atoms with Gasteiger partial charge in [0.15, 0.2) is 0 Å². The summed E-state index contributed by atoms with van der Waals surface area (Å²) >= 11 is 0. The predicted octanol–water partition coefficient (Wildman–Crippen LogP) is 2.19. The molecule has 0 N–H and O–H groups in total. The number of carbonyl (C=O) groups is 1. The van der Waals surface area contributed by atoms with Crippen molar-refractivity contribution in [1.29, 1.82) is 0 Å². The van der Waals surface area contributed by atoms with E-state index >= 15 is 0 Å². The first-order valence-corrected chi connectivity index (χ1v) is 5.42. The van der Waals surface area contributed by atoms with Crippen molar-refractivity contribution in [3.63, 3.8) is 0 Å². The van der Waals surface area contributed by atoms with Gasteiger partial charge < -0.3 is 4.90 Å². The molecule has 0 aromatic heterocycles. The van der Waals surface area contributed by atoms with Crippen LogP contribution < -0.4 is 0 Å². The summed E-state index contributed by atoms with van der Waals surface area (Å²) in [6.45, 7) is 6.34. The van der Waals surface area contributed by atoms with Gasteiger partial charge in [0.2, 0.25) is 5.91 Å². The molecule has 1 heterocycles. The van der Waals surface area contributed by atoms with Crippen molar-refractivity contribution in [2.75, 3.05) is 19.6 Å². The Balaban J connectivity index is 2.35. The molecule has 1 aliphatic heterocycles. The highest BCUT2D eigenvalue weighted by Gasteiger charge is 2.28. The molecule has 1 amide bonds. The Morgan fingerprint density at radius 3 is 3.00 bits per heavy atom. The van der Waals surface area contributed by atoms with E-state index < -0.39 is 0 Å². The number of amides is 1. The maximum atomic E-state index is 11.6. The number of azide groups is 1. The summed E-state index contributed by atoms with van der Waals surface area (Å²) in [4.78, 5) is 16.2. The molecule has 0 bridgehead atoms. The number of nitrogens with zero attached hydrogens (tertiary/aromatic N) is 4. The second kappa shape index (κ2) is 5.61. The summed E-state index contributed by atoms with van der Waals surface area (Å²) < 4.78 is 0. The molecule has 0 saturated carbocycles. The molecular formula is C10H18N4O. The Hall–Kier alpha value is -1.22. The molecule has 1 rings (SSSR count). The number of carbonyl (C=O) groups excluding carboxylic acids is 1. The molecule has 1 atom stereocenters. The van der Waals surface area contributed by atoms with Gasteiger partial charge in [-0.15, -0.1) is 0 Å². The minimum absolute atomic E-state index is 0.203.